The van der Waals surface area contributed by atoms with Crippen LogP contribution in [-0.4, -0.2) is 36.8 Å². The number of fused-ring (bicyclic) bond motifs is 1. The van der Waals surface area contributed by atoms with Gasteiger partial charge < -0.3 is 5.73 Å². The summed E-state index contributed by atoms with van der Waals surface area (Å²) in [5.41, 5.74) is 7.43. The molecule has 1 atom stereocenters. The second-order valence-corrected chi connectivity index (χ2v) is 7.29. The monoisotopic (exact) mass is 305 g/mol. The molecule has 112 valence electrons. The van der Waals surface area contributed by atoms with Crippen LogP contribution in [0.4, 0.5) is 0 Å². The molecular formula is C15H19N3O2S. The Labute approximate surface area is 124 Å². The van der Waals surface area contributed by atoms with E-state index in [2.05, 4.69) is 4.98 Å². The average Bonchev–Trinajstić information content (AvgIpc) is 2.97. The summed E-state index contributed by atoms with van der Waals surface area (Å²) in [6, 6.07) is 6.99. The third kappa shape index (κ3) is 2.33. The Balaban J connectivity index is 2.18. The minimum atomic E-state index is -3.53. The van der Waals surface area contributed by atoms with E-state index in [0.29, 0.717) is 23.4 Å². The van der Waals surface area contributed by atoms with Crippen LogP contribution in [0.25, 0.3) is 10.9 Å². The molecule has 21 heavy (non-hydrogen) atoms. The highest BCUT2D eigenvalue weighted by Gasteiger charge is 2.35. The van der Waals surface area contributed by atoms with Crippen molar-refractivity contribution in [2.75, 3.05) is 13.1 Å². The number of rotatable bonds is 3. The van der Waals surface area contributed by atoms with E-state index in [1.165, 1.54) is 0 Å². The zero-order chi connectivity index (χ0) is 15.0. The molecule has 1 saturated heterocycles. The van der Waals surface area contributed by atoms with E-state index < -0.39 is 10.0 Å². The van der Waals surface area contributed by atoms with Crippen LogP contribution in [0.15, 0.2) is 35.4 Å². The smallest absolute Gasteiger partial charge is 0.244 e. The Kier molecular flexibility index (Phi) is 3.69. The highest BCUT2D eigenvalue weighted by molar-refractivity contribution is 7.89. The largest absolute Gasteiger partial charge is 0.329 e. The van der Waals surface area contributed by atoms with Crippen LogP contribution in [-0.2, 0) is 10.0 Å². The van der Waals surface area contributed by atoms with E-state index in [9.17, 15) is 8.42 Å². The maximum atomic E-state index is 13.0. The molecule has 2 heterocycles. The number of aromatic nitrogens is 1. The number of pyridine rings is 1. The van der Waals surface area contributed by atoms with Crippen molar-refractivity contribution in [3.63, 3.8) is 0 Å². The molecule has 2 N–H and O–H groups in total. The molecule has 0 saturated carbocycles. The first-order valence-electron chi connectivity index (χ1n) is 7.12. The topological polar surface area (TPSA) is 76.3 Å². The van der Waals surface area contributed by atoms with E-state index in [4.69, 9.17) is 5.73 Å². The van der Waals surface area contributed by atoms with Crippen molar-refractivity contribution in [1.29, 1.82) is 0 Å². The van der Waals surface area contributed by atoms with Gasteiger partial charge in [0.2, 0.25) is 10.0 Å². The van der Waals surface area contributed by atoms with Gasteiger partial charge in [-0.2, -0.15) is 4.31 Å². The number of aryl methyl sites for hydroxylation is 1. The summed E-state index contributed by atoms with van der Waals surface area (Å²) in [4.78, 5) is 4.64. The van der Waals surface area contributed by atoms with E-state index in [1.54, 1.807) is 22.6 Å². The molecule has 0 spiro atoms. The van der Waals surface area contributed by atoms with Gasteiger partial charge in [0.05, 0.1) is 10.4 Å². The number of nitrogens with two attached hydrogens (primary N) is 1. The SMILES string of the molecule is Cc1ccc(S(=O)(=O)N2CCC[C@@H]2CN)c2cccnc12. The normalized spacial score (nSPS) is 20.2. The fraction of sp³-hybridized carbons (Fsp3) is 0.400. The predicted molar refractivity (Wildman–Crippen MR) is 82.4 cm³/mol. The lowest BCUT2D eigenvalue weighted by Gasteiger charge is -2.23. The van der Waals surface area contributed by atoms with Crippen LogP contribution in [0.2, 0.25) is 0 Å². The summed E-state index contributed by atoms with van der Waals surface area (Å²) >= 11 is 0. The molecule has 0 unspecified atom stereocenters. The lowest BCUT2D eigenvalue weighted by molar-refractivity contribution is 0.393. The van der Waals surface area contributed by atoms with Crippen LogP contribution in [0.3, 0.4) is 0 Å². The summed E-state index contributed by atoms with van der Waals surface area (Å²) in [5.74, 6) is 0. The van der Waals surface area contributed by atoms with Gasteiger partial charge in [-0.1, -0.05) is 6.07 Å². The standard InChI is InChI=1S/C15H19N3O2S/c1-11-6-7-14(13-5-2-8-17-15(11)13)21(19,20)18-9-3-4-12(18)10-16/h2,5-8,12H,3-4,9-10,16H2,1H3/t12-/m1/s1. The molecular weight excluding hydrogens is 286 g/mol. The molecule has 1 aliphatic rings. The summed E-state index contributed by atoms with van der Waals surface area (Å²) in [6.45, 7) is 2.84. The number of nitrogens with zero attached hydrogens (tertiary/aromatic N) is 2. The zero-order valence-corrected chi connectivity index (χ0v) is 12.8. The lowest BCUT2D eigenvalue weighted by Crippen LogP contribution is -2.39. The fourth-order valence-electron chi connectivity index (χ4n) is 3.00. The van der Waals surface area contributed by atoms with Crippen LogP contribution in [0.1, 0.15) is 18.4 Å². The van der Waals surface area contributed by atoms with Crippen molar-refractivity contribution in [3.05, 3.63) is 36.0 Å². The van der Waals surface area contributed by atoms with E-state index in [-0.39, 0.29) is 6.04 Å². The van der Waals surface area contributed by atoms with Gasteiger partial charge in [0.25, 0.3) is 0 Å². The molecule has 6 heteroatoms. The van der Waals surface area contributed by atoms with Crippen LogP contribution >= 0.6 is 0 Å². The van der Waals surface area contributed by atoms with Crippen LogP contribution in [0, 0.1) is 6.92 Å². The Bertz CT molecular complexity index is 774. The first-order valence-corrected chi connectivity index (χ1v) is 8.56. The van der Waals surface area contributed by atoms with E-state index in [0.717, 1.165) is 23.9 Å². The van der Waals surface area contributed by atoms with Crippen molar-refractivity contribution in [2.24, 2.45) is 5.73 Å². The summed E-state index contributed by atoms with van der Waals surface area (Å²) in [7, 11) is -3.53. The van der Waals surface area contributed by atoms with Gasteiger partial charge in [-0.25, -0.2) is 8.42 Å². The Morgan fingerprint density at radius 2 is 2.19 bits per heavy atom. The second-order valence-electron chi connectivity index (χ2n) is 5.43. The number of hydrogen-bond donors (Lipinski definition) is 1. The quantitative estimate of drug-likeness (QED) is 0.935. The molecule has 2 aromatic rings. The molecule has 1 fully saturated rings. The number of benzene rings is 1. The molecule has 0 aliphatic carbocycles. The third-order valence-electron chi connectivity index (χ3n) is 4.11. The summed E-state index contributed by atoms with van der Waals surface area (Å²) in [5, 5.41) is 0.681. The molecule has 0 amide bonds. The highest BCUT2D eigenvalue weighted by atomic mass is 32.2. The van der Waals surface area contributed by atoms with Gasteiger partial charge in [0.1, 0.15) is 0 Å². The van der Waals surface area contributed by atoms with E-state index in [1.807, 2.05) is 19.1 Å². The van der Waals surface area contributed by atoms with Crippen molar-refractivity contribution in [3.8, 4) is 0 Å². The highest BCUT2D eigenvalue weighted by Crippen LogP contribution is 2.30. The summed E-state index contributed by atoms with van der Waals surface area (Å²) < 4.78 is 27.5. The molecule has 0 bridgehead atoms. The predicted octanol–water partition coefficient (Wildman–Crippen LogP) is 1.66. The van der Waals surface area contributed by atoms with Crippen molar-refractivity contribution in [2.45, 2.75) is 30.7 Å². The van der Waals surface area contributed by atoms with Crippen molar-refractivity contribution >= 4 is 20.9 Å². The van der Waals surface area contributed by atoms with Gasteiger partial charge in [-0.3, -0.25) is 4.98 Å². The zero-order valence-electron chi connectivity index (χ0n) is 12.0. The van der Waals surface area contributed by atoms with Crippen molar-refractivity contribution in [1.82, 2.24) is 9.29 Å². The van der Waals surface area contributed by atoms with Crippen LogP contribution in [0.5, 0.6) is 0 Å². The fourth-order valence-corrected chi connectivity index (χ4v) is 4.89. The molecule has 5 nitrogen and oxygen atoms in total. The summed E-state index contributed by atoms with van der Waals surface area (Å²) in [6.07, 6.45) is 3.38. The van der Waals surface area contributed by atoms with Gasteiger partial charge in [0.15, 0.2) is 0 Å². The minimum Gasteiger partial charge on any atom is -0.329 e. The van der Waals surface area contributed by atoms with E-state index >= 15 is 0 Å². The first kappa shape index (κ1) is 14.4. The first-order chi connectivity index (χ1) is 10.1. The molecule has 3 rings (SSSR count). The number of hydrogen-bond acceptors (Lipinski definition) is 4. The maximum absolute atomic E-state index is 13.0. The van der Waals surface area contributed by atoms with Crippen molar-refractivity contribution < 1.29 is 8.42 Å². The Morgan fingerprint density at radius 1 is 1.38 bits per heavy atom. The minimum absolute atomic E-state index is 0.0944. The Morgan fingerprint density at radius 3 is 2.95 bits per heavy atom. The number of sulfonamides is 1. The van der Waals surface area contributed by atoms with Gasteiger partial charge >= 0.3 is 0 Å². The molecule has 1 aromatic carbocycles. The van der Waals surface area contributed by atoms with Gasteiger partial charge in [-0.05, 0) is 43.5 Å². The van der Waals surface area contributed by atoms with Gasteiger partial charge in [-0.15, -0.1) is 0 Å². The second kappa shape index (κ2) is 5.36. The maximum Gasteiger partial charge on any atom is 0.244 e. The lowest BCUT2D eigenvalue weighted by atomic mass is 10.1. The van der Waals surface area contributed by atoms with Gasteiger partial charge in [0, 0.05) is 30.7 Å². The molecule has 0 radical (unpaired) electrons. The Hall–Kier alpha value is -1.50. The molecule has 1 aliphatic heterocycles. The average molecular weight is 305 g/mol. The molecule has 1 aromatic heterocycles. The van der Waals surface area contributed by atoms with Crippen LogP contribution < -0.4 is 5.73 Å². The third-order valence-corrected chi connectivity index (χ3v) is 6.12.